The van der Waals surface area contributed by atoms with Crippen molar-refractivity contribution in [3.8, 4) is 0 Å². The van der Waals surface area contributed by atoms with E-state index in [0.717, 1.165) is 0 Å². The number of halogens is 1. The summed E-state index contributed by atoms with van der Waals surface area (Å²) in [5.74, 6) is -2.53. The fraction of sp³-hybridized carbons (Fsp3) is 0.167. The number of carbonyl (C=O) groups is 2. The Kier molecular flexibility index (Phi) is 4.39. The van der Waals surface area contributed by atoms with Crippen LogP contribution in [0.5, 0.6) is 0 Å². The van der Waals surface area contributed by atoms with E-state index in [0.29, 0.717) is 5.56 Å². The highest BCUT2D eigenvalue weighted by Gasteiger charge is 2.04. The molecule has 90 valence electrons. The summed E-state index contributed by atoms with van der Waals surface area (Å²) < 4.78 is 13.3. The van der Waals surface area contributed by atoms with Gasteiger partial charge in [0.15, 0.2) is 0 Å². The second-order valence-electron chi connectivity index (χ2n) is 3.43. The lowest BCUT2D eigenvalue weighted by Gasteiger charge is -2.01. The van der Waals surface area contributed by atoms with Crippen molar-refractivity contribution in [2.24, 2.45) is 0 Å². The van der Waals surface area contributed by atoms with Gasteiger partial charge in [0.2, 0.25) is 0 Å². The molecule has 1 aromatic carbocycles. The number of hydrogen-bond donors (Lipinski definition) is 2. The molecule has 2 N–H and O–H groups in total. The van der Waals surface area contributed by atoms with Crippen molar-refractivity contribution in [1.29, 1.82) is 0 Å². The van der Waals surface area contributed by atoms with Crippen LogP contribution in [-0.2, 0) is 16.0 Å². The van der Waals surface area contributed by atoms with Gasteiger partial charge < -0.3 is 10.2 Å². The molecule has 0 heterocycles. The summed E-state index contributed by atoms with van der Waals surface area (Å²) in [4.78, 5) is 20.7. The van der Waals surface area contributed by atoms with E-state index >= 15 is 0 Å². The molecule has 0 aromatic heterocycles. The minimum Gasteiger partial charge on any atom is -0.481 e. The van der Waals surface area contributed by atoms with Crippen LogP contribution in [0.3, 0.4) is 0 Å². The second kappa shape index (κ2) is 5.79. The number of benzene rings is 1. The average Bonchev–Trinajstić information content (AvgIpc) is 2.21. The fourth-order valence-electron chi connectivity index (χ4n) is 1.29. The first-order valence-electron chi connectivity index (χ1n) is 4.87. The van der Waals surface area contributed by atoms with Crippen molar-refractivity contribution in [2.75, 3.05) is 0 Å². The molecule has 0 saturated heterocycles. The van der Waals surface area contributed by atoms with Crippen molar-refractivity contribution in [1.82, 2.24) is 0 Å². The maximum atomic E-state index is 13.3. The van der Waals surface area contributed by atoms with Gasteiger partial charge in [-0.05, 0) is 17.7 Å². The summed E-state index contributed by atoms with van der Waals surface area (Å²) in [5.41, 5.74) is 0.652. The molecule has 0 aliphatic carbocycles. The van der Waals surface area contributed by atoms with E-state index in [4.69, 9.17) is 10.2 Å². The van der Waals surface area contributed by atoms with E-state index in [1.807, 2.05) is 0 Å². The van der Waals surface area contributed by atoms with Gasteiger partial charge in [0, 0.05) is 5.56 Å². The molecule has 0 bridgehead atoms. The Morgan fingerprint density at radius 1 is 1.24 bits per heavy atom. The Balaban J connectivity index is 2.86. The maximum absolute atomic E-state index is 13.3. The lowest BCUT2D eigenvalue weighted by Crippen LogP contribution is -2.00. The first kappa shape index (κ1) is 12.9. The van der Waals surface area contributed by atoms with Gasteiger partial charge in [-0.25, -0.2) is 4.39 Å². The van der Waals surface area contributed by atoms with Crippen LogP contribution in [0.2, 0.25) is 0 Å². The summed E-state index contributed by atoms with van der Waals surface area (Å²) in [7, 11) is 0. The highest BCUT2D eigenvalue weighted by Crippen LogP contribution is 2.13. The summed E-state index contributed by atoms with van der Waals surface area (Å²) in [6, 6.07) is 3.94. The van der Waals surface area contributed by atoms with Crippen LogP contribution in [0.1, 0.15) is 17.5 Å². The van der Waals surface area contributed by atoms with Crippen LogP contribution in [0.4, 0.5) is 4.39 Å². The van der Waals surface area contributed by atoms with Gasteiger partial charge in [-0.15, -0.1) is 0 Å². The van der Waals surface area contributed by atoms with E-state index in [9.17, 15) is 14.0 Å². The van der Waals surface area contributed by atoms with Crippen LogP contribution in [0.25, 0.3) is 6.08 Å². The molecule has 1 aromatic rings. The minimum absolute atomic E-state index is 0.185. The third-order valence-corrected chi connectivity index (χ3v) is 2.01. The number of carboxylic acid groups (broad SMARTS) is 2. The fourth-order valence-corrected chi connectivity index (χ4v) is 1.29. The second-order valence-corrected chi connectivity index (χ2v) is 3.43. The molecule has 0 saturated carbocycles. The van der Waals surface area contributed by atoms with Gasteiger partial charge in [0.05, 0.1) is 12.8 Å². The summed E-state index contributed by atoms with van der Waals surface area (Å²) in [6.45, 7) is 0. The van der Waals surface area contributed by atoms with E-state index < -0.39 is 17.8 Å². The van der Waals surface area contributed by atoms with Crippen LogP contribution < -0.4 is 0 Å². The predicted molar refractivity (Wildman–Crippen MR) is 59.0 cm³/mol. The Hall–Kier alpha value is -2.17. The average molecular weight is 238 g/mol. The van der Waals surface area contributed by atoms with E-state index in [1.54, 1.807) is 0 Å². The molecule has 0 amide bonds. The summed E-state index contributed by atoms with van der Waals surface area (Å²) >= 11 is 0. The standard InChI is InChI=1S/C12H11FO4/c13-10-5-4-8(7-12(16)17)6-9(10)2-1-3-11(14)15/h1-2,4-6H,3,7H2,(H,14,15)(H,16,17). The molecule has 0 aliphatic heterocycles. The molecule has 0 atom stereocenters. The van der Waals surface area contributed by atoms with E-state index in [-0.39, 0.29) is 18.4 Å². The third-order valence-electron chi connectivity index (χ3n) is 2.01. The summed E-state index contributed by atoms with van der Waals surface area (Å²) in [6.07, 6.45) is 2.24. The molecule has 0 aliphatic rings. The molecule has 17 heavy (non-hydrogen) atoms. The number of carboxylic acids is 2. The molecule has 1 rings (SSSR count). The zero-order valence-electron chi connectivity index (χ0n) is 8.89. The third kappa shape index (κ3) is 4.46. The topological polar surface area (TPSA) is 74.6 Å². The van der Waals surface area contributed by atoms with Crippen molar-refractivity contribution >= 4 is 18.0 Å². The monoisotopic (exact) mass is 238 g/mol. The molecule has 0 unspecified atom stereocenters. The van der Waals surface area contributed by atoms with Gasteiger partial charge in [-0.2, -0.15) is 0 Å². The number of rotatable bonds is 5. The Morgan fingerprint density at radius 2 is 1.94 bits per heavy atom. The highest BCUT2D eigenvalue weighted by atomic mass is 19.1. The minimum atomic E-state index is -1.01. The van der Waals surface area contributed by atoms with Gasteiger partial charge in [0.25, 0.3) is 0 Å². The lowest BCUT2D eigenvalue weighted by molar-refractivity contribution is -0.137. The molecular formula is C12H11FO4. The Labute approximate surface area is 97.0 Å². The summed E-state index contributed by atoms with van der Waals surface area (Å²) in [5, 5.41) is 17.0. The van der Waals surface area contributed by atoms with Crippen LogP contribution in [-0.4, -0.2) is 22.2 Å². The SMILES string of the molecule is O=C(O)CC=Cc1cc(CC(=O)O)ccc1F. The van der Waals surface area contributed by atoms with Crippen LogP contribution in [0.15, 0.2) is 24.3 Å². The molecule has 5 heteroatoms. The van der Waals surface area contributed by atoms with Gasteiger partial charge in [-0.1, -0.05) is 18.2 Å². The molecule has 0 radical (unpaired) electrons. The lowest BCUT2D eigenvalue weighted by atomic mass is 10.1. The first-order valence-corrected chi connectivity index (χ1v) is 4.87. The van der Waals surface area contributed by atoms with Gasteiger partial charge >= 0.3 is 11.9 Å². The van der Waals surface area contributed by atoms with Gasteiger partial charge in [0.1, 0.15) is 5.82 Å². The van der Waals surface area contributed by atoms with Crippen molar-refractivity contribution in [2.45, 2.75) is 12.8 Å². The van der Waals surface area contributed by atoms with E-state index in [2.05, 4.69) is 0 Å². The normalized spacial score (nSPS) is 10.6. The molecule has 4 nitrogen and oxygen atoms in total. The Bertz CT molecular complexity index is 466. The molecule has 0 spiro atoms. The van der Waals surface area contributed by atoms with Crippen molar-refractivity contribution in [3.05, 3.63) is 41.2 Å². The van der Waals surface area contributed by atoms with Crippen LogP contribution >= 0.6 is 0 Å². The number of hydrogen-bond acceptors (Lipinski definition) is 2. The zero-order chi connectivity index (χ0) is 12.8. The maximum Gasteiger partial charge on any atom is 0.307 e. The molecular weight excluding hydrogens is 227 g/mol. The Morgan fingerprint density at radius 3 is 2.53 bits per heavy atom. The smallest absolute Gasteiger partial charge is 0.307 e. The first-order chi connectivity index (χ1) is 7.99. The zero-order valence-corrected chi connectivity index (χ0v) is 8.89. The molecule has 0 fully saturated rings. The number of aliphatic carboxylic acids is 2. The van der Waals surface area contributed by atoms with E-state index in [1.165, 1.54) is 30.4 Å². The van der Waals surface area contributed by atoms with Crippen molar-refractivity contribution < 1.29 is 24.2 Å². The van der Waals surface area contributed by atoms with Crippen LogP contribution in [0, 0.1) is 5.82 Å². The van der Waals surface area contributed by atoms with Crippen molar-refractivity contribution in [3.63, 3.8) is 0 Å². The highest BCUT2D eigenvalue weighted by molar-refractivity contribution is 5.72. The predicted octanol–water partition coefficient (Wildman–Crippen LogP) is 1.94. The van der Waals surface area contributed by atoms with Gasteiger partial charge in [-0.3, -0.25) is 9.59 Å². The quantitative estimate of drug-likeness (QED) is 0.822. The largest absolute Gasteiger partial charge is 0.481 e.